The number of rotatable bonds is 4. The van der Waals surface area contributed by atoms with Crippen molar-refractivity contribution in [2.24, 2.45) is 5.73 Å². The van der Waals surface area contributed by atoms with Gasteiger partial charge >= 0.3 is 18.3 Å². The number of benzene rings is 1. The second-order valence-electron chi connectivity index (χ2n) is 4.41. The zero-order chi connectivity index (χ0) is 17.1. The molecule has 0 spiro atoms. The van der Waals surface area contributed by atoms with Crippen molar-refractivity contribution in [3.05, 3.63) is 34.9 Å². The van der Waals surface area contributed by atoms with E-state index in [0.717, 1.165) is 0 Å². The van der Waals surface area contributed by atoms with E-state index in [2.05, 4.69) is 4.74 Å². The van der Waals surface area contributed by atoms with Crippen molar-refractivity contribution in [1.29, 1.82) is 0 Å². The Hall–Kier alpha value is -1.77. The van der Waals surface area contributed by atoms with Gasteiger partial charge in [0.2, 0.25) is 0 Å². The van der Waals surface area contributed by atoms with E-state index in [1.54, 1.807) is 0 Å². The Morgan fingerprint density at radius 2 is 1.77 bits per heavy atom. The van der Waals surface area contributed by atoms with Crippen LogP contribution < -0.4 is 5.73 Å². The number of carbonyl (C=O) groups excluding carboxylic acids is 1. The summed E-state index contributed by atoms with van der Waals surface area (Å²) in [6, 6.07) is -0.302. The van der Waals surface area contributed by atoms with E-state index in [-0.39, 0.29) is 12.7 Å². The molecule has 0 radical (unpaired) electrons. The van der Waals surface area contributed by atoms with E-state index < -0.39 is 47.5 Å². The molecule has 0 saturated carbocycles. The molecule has 124 valence electrons. The highest BCUT2D eigenvalue weighted by Gasteiger charge is 2.39. The quantitative estimate of drug-likeness (QED) is 0.677. The monoisotopic (exact) mass is 329 g/mol. The van der Waals surface area contributed by atoms with E-state index in [4.69, 9.17) is 5.73 Å². The fraction of sp³-hybridized carbons (Fsp3) is 0.462. The summed E-state index contributed by atoms with van der Waals surface area (Å²) in [6.07, 6.45) is -10.5. The molecule has 0 fully saturated rings. The molecule has 0 bridgehead atoms. The van der Waals surface area contributed by atoms with Crippen LogP contribution in [0.5, 0.6) is 0 Å². The molecule has 1 aromatic carbocycles. The summed E-state index contributed by atoms with van der Waals surface area (Å²) in [6.45, 7) is 1.52. The van der Waals surface area contributed by atoms with Gasteiger partial charge in [-0.1, -0.05) is 6.07 Å². The van der Waals surface area contributed by atoms with E-state index in [9.17, 15) is 31.1 Å². The van der Waals surface area contributed by atoms with E-state index in [1.165, 1.54) is 6.92 Å². The molecule has 22 heavy (non-hydrogen) atoms. The standard InChI is InChI=1S/C13H13F6NO2/c1-2-22-11(21)6-10(20)8-4-3-7(12(14,15)16)5-9(8)13(17,18)19/h3-5,10H,2,6,20H2,1H3/t10-/m0/s1. The van der Waals surface area contributed by atoms with Gasteiger partial charge in [-0.05, 0) is 24.6 Å². The highest BCUT2D eigenvalue weighted by atomic mass is 19.4. The Balaban J connectivity index is 3.21. The second kappa shape index (κ2) is 6.55. The average molecular weight is 329 g/mol. The fourth-order valence-electron chi connectivity index (χ4n) is 1.81. The van der Waals surface area contributed by atoms with Gasteiger partial charge in [0.1, 0.15) is 0 Å². The summed E-state index contributed by atoms with van der Waals surface area (Å²) in [5.41, 5.74) is 1.96. The summed E-state index contributed by atoms with van der Waals surface area (Å²) in [5.74, 6) is -0.831. The van der Waals surface area contributed by atoms with Gasteiger partial charge in [0.15, 0.2) is 0 Å². The van der Waals surface area contributed by atoms with Gasteiger partial charge in [-0.15, -0.1) is 0 Å². The topological polar surface area (TPSA) is 52.3 Å². The lowest BCUT2D eigenvalue weighted by Crippen LogP contribution is -2.22. The van der Waals surface area contributed by atoms with Gasteiger partial charge in [0.25, 0.3) is 0 Å². The number of hydrogen-bond acceptors (Lipinski definition) is 3. The predicted octanol–water partition coefficient (Wildman–Crippen LogP) is 3.68. The van der Waals surface area contributed by atoms with Gasteiger partial charge in [0, 0.05) is 6.04 Å². The molecule has 2 N–H and O–H groups in total. The van der Waals surface area contributed by atoms with Crippen LogP contribution in [0.15, 0.2) is 18.2 Å². The van der Waals surface area contributed by atoms with Crippen LogP contribution >= 0.6 is 0 Å². The van der Waals surface area contributed by atoms with Gasteiger partial charge in [-0.2, -0.15) is 26.3 Å². The fourth-order valence-corrected chi connectivity index (χ4v) is 1.81. The molecule has 0 aliphatic carbocycles. The van der Waals surface area contributed by atoms with Gasteiger partial charge in [0.05, 0.1) is 24.2 Å². The largest absolute Gasteiger partial charge is 0.466 e. The summed E-state index contributed by atoms with van der Waals surface area (Å²) >= 11 is 0. The first-order chi connectivity index (χ1) is 9.96. The van der Waals surface area contributed by atoms with Crippen LogP contribution in [-0.4, -0.2) is 12.6 Å². The first-order valence-electron chi connectivity index (χ1n) is 6.16. The SMILES string of the molecule is CCOC(=O)C[C@H](N)c1ccc(C(F)(F)F)cc1C(F)(F)F. The lowest BCUT2D eigenvalue weighted by atomic mass is 9.96. The molecule has 0 saturated heterocycles. The molecule has 1 rings (SSSR count). The summed E-state index contributed by atoms with van der Waals surface area (Å²) in [4.78, 5) is 11.3. The Morgan fingerprint density at radius 1 is 1.18 bits per heavy atom. The van der Waals surface area contributed by atoms with Crippen molar-refractivity contribution < 1.29 is 35.9 Å². The summed E-state index contributed by atoms with van der Waals surface area (Å²) < 4.78 is 80.9. The highest BCUT2D eigenvalue weighted by molar-refractivity contribution is 5.70. The lowest BCUT2D eigenvalue weighted by molar-refractivity contribution is -0.146. The summed E-state index contributed by atoms with van der Waals surface area (Å²) in [7, 11) is 0. The van der Waals surface area contributed by atoms with Crippen LogP contribution in [0.1, 0.15) is 36.1 Å². The van der Waals surface area contributed by atoms with E-state index in [0.29, 0.717) is 12.1 Å². The number of halogens is 6. The Labute approximate surface area is 122 Å². The van der Waals surface area contributed by atoms with Crippen molar-refractivity contribution in [3.8, 4) is 0 Å². The molecule has 0 aliphatic rings. The van der Waals surface area contributed by atoms with Crippen LogP contribution in [-0.2, 0) is 21.9 Å². The Morgan fingerprint density at radius 3 is 2.23 bits per heavy atom. The number of nitrogens with two attached hydrogens (primary N) is 1. The second-order valence-corrected chi connectivity index (χ2v) is 4.41. The number of carbonyl (C=O) groups is 1. The van der Waals surface area contributed by atoms with Gasteiger partial charge in [-0.3, -0.25) is 4.79 Å². The minimum absolute atomic E-state index is 0.0135. The highest BCUT2D eigenvalue weighted by Crippen LogP contribution is 2.39. The molecule has 9 heteroatoms. The van der Waals surface area contributed by atoms with Crippen LogP contribution in [0.4, 0.5) is 26.3 Å². The van der Waals surface area contributed by atoms with Crippen molar-refractivity contribution in [1.82, 2.24) is 0 Å². The van der Waals surface area contributed by atoms with Gasteiger partial charge < -0.3 is 10.5 Å². The number of esters is 1. The Bertz CT molecular complexity index is 538. The molecular weight excluding hydrogens is 316 g/mol. The molecule has 0 amide bonds. The predicted molar refractivity (Wildman–Crippen MR) is 64.6 cm³/mol. The van der Waals surface area contributed by atoms with Crippen molar-refractivity contribution in [3.63, 3.8) is 0 Å². The van der Waals surface area contributed by atoms with Crippen LogP contribution in [0, 0.1) is 0 Å². The maximum Gasteiger partial charge on any atom is 0.416 e. The first-order valence-corrected chi connectivity index (χ1v) is 6.16. The van der Waals surface area contributed by atoms with Crippen LogP contribution in [0.25, 0.3) is 0 Å². The number of hydrogen-bond donors (Lipinski definition) is 1. The molecule has 1 aromatic rings. The summed E-state index contributed by atoms with van der Waals surface area (Å²) in [5, 5.41) is 0. The lowest BCUT2D eigenvalue weighted by Gasteiger charge is -2.19. The zero-order valence-electron chi connectivity index (χ0n) is 11.4. The van der Waals surface area contributed by atoms with E-state index in [1.807, 2.05) is 0 Å². The molecule has 0 aromatic heterocycles. The normalized spacial score (nSPS) is 13.8. The minimum atomic E-state index is -5.02. The molecule has 0 aliphatic heterocycles. The molecule has 1 atom stereocenters. The molecule has 0 heterocycles. The van der Waals surface area contributed by atoms with Crippen LogP contribution in [0.3, 0.4) is 0 Å². The smallest absolute Gasteiger partial charge is 0.416 e. The Kier molecular flexibility index (Phi) is 5.44. The molecule has 0 unspecified atom stereocenters. The third-order valence-corrected chi connectivity index (χ3v) is 2.78. The number of alkyl halides is 6. The van der Waals surface area contributed by atoms with Crippen molar-refractivity contribution >= 4 is 5.97 Å². The zero-order valence-corrected chi connectivity index (χ0v) is 11.4. The minimum Gasteiger partial charge on any atom is -0.466 e. The third-order valence-electron chi connectivity index (χ3n) is 2.78. The number of ether oxygens (including phenoxy) is 1. The first kappa shape index (κ1) is 18.3. The average Bonchev–Trinajstić information content (AvgIpc) is 2.36. The van der Waals surface area contributed by atoms with Crippen molar-refractivity contribution in [2.75, 3.05) is 6.61 Å². The maximum absolute atomic E-state index is 12.9. The van der Waals surface area contributed by atoms with Gasteiger partial charge in [-0.25, -0.2) is 0 Å². The molecular formula is C13H13F6NO2. The van der Waals surface area contributed by atoms with E-state index >= 15 is 0 Å². The third kappa shape index (κ3) is 4.62. The maximum atomic E-state index is 12.9. The van der Waals surface area contributed by atoms with Crippen molar-refractivity contribution in [2.45, 2.75) is 31.7 Å². The van der Waals surface area contributed by atoms with Crippen LogP contribution in [0.2, 0.25) is 0 Å². The molecule has 3 nitrogen and oxygen atoms in total.